The van der Waals surface area contributed by atoms with E-state index in [1.54, 1.807) is 42.6 Å². The fourth-order valence-electron chi connectivity index (χ4n) is 2.13. The fraction of sp³-hybridized carbons (Fsp3) is 0.0588. The van der Waals surface area contributed by atoms with Gasteiger partial charge in [0.05, 0.1) is 18.9 Å². The molecule has 0 aliphatic heterocycles. The van der Waals surface area contributed by atoms with Crippen LogP contribution < -0.4 is 0 Å². The third-order valence-electron chi connectivity index (χ3n) is 3.41. The molecule has 0 unspecified atom stereocenters. The van der Waals surface area contributed by atoms with Gasteiger partial charge < -0.3 is 4.74 Å². The second-order valence-electron chi connectivity index (χ2n) is 5.03. The molecule has 0 bridgehead atoms. The smallest absolute Gasteiger partial charge is 0.337 e. The van der Waals surface area contributed by atoms with E-state index in [2.05, 4.69) is 20.0 Å². The fourth-order valence-corrected chi connectivity index (χ4v) is 2.31. The lowest BCUT2D eigenvalue weighted by atomic mass is 10.1. The van der Waals surface area contributed by atoms with Gasteiger partial charge in [0.1, 0.15) is 5.82 Å². The molecule has 1 aromatic heterocycles. The summed E-state index contributed by atoms with van der Waals surface area (Å²) in [6, 6.07) is 12.6. The summed E-state index contributed by atoms with van der Waals surface area (Å²) < 4.78 is 19.5. The van der Waals surface area contributed by atoms with Crippen molar-refractivity contribution in [3.8, 4) is 11.4 Å². The number of nitrogens with one attached hydrogen (secondary N) is 1. The van der Waals surface area contributed by atoms with Crippen LogP contribution >= 0.6 is 12.2 Å². The largest absolute Gasteiger partial charge is 0.465 e. The van der Waals surface area contributed by atoms with E-state index in [1.807, 2.05) is 0 Å². The summed E-state index contributed by atoms with van der Waals surface area (Å²) in [5, 5.41) is 11.1. The van der Waals surface area contributed by atoms with Gasteiger partial charge in [0, 0.05) is 5.56 Å². The molecule has 6 nitrogen and oxygen atoms in total. The maximum atomic E-state index is 13.1. The topological polar surface area (TPSA) is 72.3 Å². The first-order valence-corrected chi connectivity index (χ1v) is 7.65. The molecular formula is C17H13FN4O2S. The van der Waals surface area contributed by atoms with Crippen LogP contribution in [0.15, 0.2) is 53.6 Å². The minimum atomic E-state index is -0.404. The number of aromatic nitrogens is 3. The number of aromatic amines is 1. The molecule has 0 aliphatic rings. The second kappa shape index (κ2) is 7.18. The molecule has 0 saturated heterocycles. The molecule has 0 radical (unpaired) electrons. The van der Waals surface area contributed by atoms with Crippen LogP contribution in [0.25, 0.3) is 11.4 Å². The number of nitrogens with zero attached hydrogens (tertiary/aromatic N) is 3. The van der Waals surface area contributed by atoms with E-state index < -0.39 is 5.97 Å². The number of hydrogen-bond acceptors (Lipinski definition) is 5. The van der Waals surface area contributed by atoms with E-state index in [-0.39, 0.29) is 5.82 Å². The maximum Gasteiger partial charge on any atom is 0.337 e. The minimum Gasteiger partial charge on any atom is -0.465 e. The number of esters is 1. The number of ether oxygens (including phenoxy) is 1. The number of benzene rings is 2. The SMILES string of the molecule is COC(=O)c1ccc(/C=N/n2c(-c3ccc(F)cc3)n[nH]c2=S)cc1. The number of hydrogen-bond donors (Lipinski definition) is 1. The molecule has 3 rings (SSSR count). The lowest BCUT2D eigenvalue weighted by Gasteiger charge is -2.01. The predicted octanol–water partition coefficient (Wildman–Crippen LogP) is 3.42. The molecule has 1 heterocycles. The van der Waals surface area contributed by atoms with Crippen molar-refractivity contribution in [1.82, 2.24) is 14.9 Å². The maximum absolute atomic E-state index is 13.1. The molecule has 2 aromatic carbocycles. The van der Waals surface area contributed by atoms with Gasteiger partial charge in [-0.25, -0.2) is 14.3 Å². The first-order valence-electron chi connectivity index (χ1n) is 7.24. The third kappa shape index (κ3) is 3.69. The molecule has 8 heteroatoms. The average molecular weight is 356 g/mol. The molecule has 0 atom stereocenters. The van der Waals surface area contributed by atoms with Gasteiger partial charge in [0.15, 0.2) is 5.82 Å². The van der Waals surface area contributed by atoms with Crippen LogP contribution in [0.3, 0.4) is 0 Å². The Morgan fingerprint density at radius 2 is 1.92 bits per heavy atom. The Labute approximate surface area is 147 Å². The highest BCUT2D eigenvalue weighted by Gasteiger charge is 2.08. The van der Waals surface area contributed by atoms with Crippen molar-refractivity contribution in [3.63, 3.8) is 0 Å². The zero-order valence-corrected chi connectivity index (χ0v) is 14.0. The molecule has 0 spiro atoms. The Bertz CT molecular complexity index is 975. The Morgan fingerprint density at radius 1 is 1.24 bits per heavy atom. The summed E-state index contributed by atoms with van der Waals surface area (Å²) in [5.74, 6) is -0.273. The molecule has 0 amide bonds. The van der Waals surface area contributed by atoms with Crippen LogP contribution in [0.1, 0.15) is 15.9 Å². The average Bonchev–Trinajstić information content (AvgIpc) is 3.01. The van der Waals surface area contributed by atoms with Crippen LogP contribution in [0.2, 0.25) is 0 Å². The highest BCUT2D eigenvalue weighted by atomic mass is 32.1. The molecule has 25 heavy (non-hydrogen) atoms. The number of H-pyrrole nitrogens is 1. The van der Waals surface area contributed by atoms with Gasteiger partial charge in [-0.3, -0.25) is 0 Å². The predicted molar refractivity (Wildman–Crippen MR) is 93.6 cm³/mol. The standard InChI is InChI=1S/C17H13FN4O2S/c1-24-16(23)13-4-2-11(3-5-13)10-19-22-15(20-21-17(22)25)12-6-8-14(18)9-7-12/h2-10H,1H3,(H,21,25)/b19-10+. The van der Waals surface area contributed by atoms with Crippen molar-refractivity contribution in [2.24, 2.45) is 5.10 Å². The van der Waals surface area contributed by atoms with Crippen LogP contribution in [-0.2, 0) is 4.74 Å². The van der Waals surface area contributed by atoms with Crippen LogP contribution in [0, 0.1) is 10.6 Å². The van der Waals surface area contributed by atoms with Crippen molar-refractivity contribution < 1.29 is 13.9 Å². The van der Waals surface area contributed by atoms with Crippen LogP contribution in [0.4, 0.5) is 4.39 Å². The highest BCUT2D eigenvalue weighted by molar-refractivity contribution is 7.71. The number of rotatable bonds is 4. The summed E-state index contributed by atoms with van der Waals surface area (Å²) in [6.07, 6.45) is 1.58. The molecule has 0 aliphatic carbocycles. The Morgan fingerprint density at radius 3 is 2.56 bits per heavy atom. The highest BCUT2D eigenvalue weighted by Crippen LogP contribution is 2.17. The van der Waals surface area contributed by atoms with Crippen molar-refractivity contribution in [1.29, 1.82) is 0 Å². The van der Waals surface area contributed by atoms with E-state index in [1.165, 1.54) is 23.9 Å². The van der Waals surface area contributed by atoms with Gasteiger partial charge in [-0.05, 0) is 54.2 Å². The zero-order valence-electron chi connectivity index (χ0n) is 13.1. The van der Waals surface area contributed by atoms with Crippen molar-refractivity contribution in [2.75, 3.05) is 7.11 Å². The normalized spacial score (nSPS) is 11.0. The van der Waals surface area contributed by atoms with Gasteiger partial charge in [-0.1, -0.05) is 12.1 Å². The minimum absolute atomic E-state index is 0.307. The van der Waals surface area contributed by atoms with E-state index >= 15 is 0 Å². The van der Waals surface area contributed by atoms with E-state index in [9.17, 15) is 9.18 Å². The summed E-state index contributed by atoms with van der Waals surface area (Å²) in [4.78, 5) is 11.4. The summed E-state index contributed by atoms with van der Waals surface area (Å²) in [5.41, 5.74) is 1.89. The Kier molecular flexibility index (Phi) is 4.80. The van der Waals surface area contributed by atoms with Crippen LogP contribution in [0.5, 0.6) is 0 Å². The lowest BCUT2D eigenvalue weighted by molar-refractivity contribution is 0.0600. The van der Waals surface area contributed by atoms with Gasteiger partial charge in [-0.15, -0.1) is 0 Å². The summed E-state index contributed by atoms with van der Waals surface area (Å²) >= 11 is 5.18. The number of halogens is 1. The first kappa shape index (κ1) is 16.7. The molecule has 126 valence electrons. The van der Waals surface area contributed by atoms with Crippen LogP contribution in [-0.4, -0.2) is 34.2 Å². The molecule has 1 N–H and O–H groups in total. The number of carbonyl (C=O) groups is 1. The summed E-state index contributed by atoms with van der Waals surface area (Å²) in [7, 11) is 1.33. The molecule has 3 aromatic rings. The lowest BCUT2D eigenvalue weighted by Crippen LogP contribution is -2.01. The van der Waals surface area contributed by atoms with Gasteiger partial charge >= 0.3 is 5.97 Å². The van der Waals surface area contributed by atoms with E-state index in [0.717, 1.165) is 5.56 Å². The molecule has 0 fully saturated rings. The van der Waals surface area contributed by atoms with Crippen molar-refractivity contribution in [2.45, 2.75) is 0 Å². The van der Waals surface area contributed by atoms with E-state index in [4.69, 9.17) is 12.2 Å². The first-order chi connectivity index (χ1) is 12.1. The van der Waals surface area contributed by atoms with Gasteiger partial charge in [0.25, 0.3) is 0 Å². The number of carbonyl (C=O) groups excluding carboxylic acids is 1. The summed E-state index contributed by atoms with van der Waals surface area (Å²) in [6.45, 7) is 0. The number of methoxy groups -OCH3 is 1. The Balaban J connectivity index is 1.89. The third-order valence-corrected chi connectivity index (χ3v) is 3.67. The zero-order chi connectivity index (χ0) is 17.8. The second-order valence-corrected chi connectivity index (χ2v) is 5.42. The quantitative estimate of drug-likeness (QED) is 0.442. The monoisotopic (exact) mass is 356 g/mol. The van der Waals surface area contributed by atoms with Crippen molar-refractivity contribution in [3.05, 3.63) is 70.2 Å². The van der Waals surface area contributed by atoms with Gasteiger partial charge in [-0.2, -0.15) is 14.9 Å². The Hall–Kier alpha value is -3.13. The van der Waals surface area contributed by atoms with E-state index in [0.29, 0.717) is 21.7 Å². The van der Waals surface area contributed by atoms with Gasteiger partial charge in [0.2, 0.25) is 4.77 Å². The van der Waals surface area contributed by atoms with Crippen molar-refractivity contribution >= 4 is 24.4 Å². The molecule has 0 saturated carbocycles. The molecular weight excluding hydrogens is 343 g/mol.